The van der Waals surface area contributed by atoms with Crippen molar-refractivity contribution in [1.82, 2.24) is 4.31 Å². The molecule has 0 atom stereocenters. The molecular formula is C13H19NO6S. The lowest BCUT2D eigenvalue weighted by Gasteiger charge is -2.17. The molecule has 0 aliphatic carbocycles. The Kier molecular flexibility index (Phi) is 5.98. The summed E-state index contributed by atoms with van der Waals surface area (Å²) in [6, 6.07) is 5.10. The van der Waals surface area contributed by atoms with Crippen molar-refractivity contribution in [3.63, 3.8) is 0 Å². The Hall–Kier alpha value is -1.80. The Bertz CT molecular complexity index is 599. The van der Waals surface area contributed by atoms with Crippen molar-refractivity contribution in [3.05, 3.63) is 23.8 Å². The van der Waals surface area contributed by atoms with Crippen molar-refractivity contribution < 1.29 is 27.8 Å². The highest BCUT2D eigenvalue weighted by Gasteiger charge is 2.19. The van der Waals surface area contributed by atoms with E-state index in [1.165, 1.54) is 21.3 Å². The summed E-state index contributed by atoms with van der Waals surface area (Å²) in [5.74, 6) is -0.506. The minimum absolute atomic E-state index is 0.127. The van der Waals surface area contributed by atoms with Gasteiger partial charge in [-0.25, -0.2) is 12.7 Å². The van der Waals surface area contributed by atoms with Gasteiger partial charge in [-0.2, -0.15) is 0 Å². The molecule has 21 heavy (non-hydrogen) atoms. The second kappa shape index (κ2) is 7.28. The quantitative estimate of drug-likeness (QED) is 0.767. The standard InChI is InChI=1S/C13H19NO6S/c1-14(21(17,18)7-6-13(15)16)9-10-4-5-11(19-2)12(8-10)20-3/h4-5,8H,6-7,9H2,1-3H3,(H,15,16). The van der Waals surface area contributed by atoms with Gasteiger partial charge < -0.3 is 14.6 Å². The van der Waals surface area contributed by atoms with Crippen molar-refractivity contribution in [2.75, 3.05) is 27.0 Å². The van der Waals surface area contributed by atoms with Crippen LogP contribution in [0.2, 0.25) is 0 Å². The number of aliphatic carboxylic acids is 1. The van der Waals surface area contributed by atoms with Crippen LogP contribution >= 0.6 is 0 Å². The van der Waals surface area contributed by atoms with E-state index in [2.05, 4.69) is 0 Å². The molecule has 118 valence electrons. The fourth-order valence-corrected chi connectivity index (χ4v) is 2.80. The van der Waals surface area contributed by atoms with Crippen LogP contribution in [0.25, 0.3) is 0 Å². The van der Waals surface area contributed by atoms with Gasteiger partial charge in [0.25, 0.3) is 0 Å². The molecule has 0 heterocycles. The number of ether oxygens (including phenoxy) is 2. The van der Waals surface area contributed by atoms with Crippen molar-refractivity contribution >= 4 is 16.0 Å². The largest absolute Gasteiger partial charge is 0.493 e. The van der Waals surface area contributed by atoms with E-state index in [-0.39, 0.29) is 6.54 Å². The third kappa shape index (κ3) is 4.91. The molecule has 1 rings (SSSR count). The minimum atomic E-state index is -3.61. The van der Waals surface area contributed by atoms with Gasteiger partial charge in [0.1, 0.15) is 0 Å². The normalized spacial score (nSPS) is 11.4. The summed E-state index contributed by atoms with van der Waals surface area (Å²) < 4.78 is 35.2. The van der Waals surface area contributed by atoms with Crippen molar-refractivity contribution in [1.29, 1.82) is 0 Å². The molecule has 0 fully saturated rings. The van der Waals surface area contributed by atoms with Crippen LogP contribution in [0.5, 0.6) is 11.5 Å². The number of rotatable bonds is 8. The van der Waals surface area contributed by atoms with Crippen molar-refractivity contribution in [2.24, 2.45) is 0 Å². The first kappa shape index (κ1) is 17.3. The zero-order chi connectivity index (χ0) is 16.0. The first-order valence-corrected chi connectivity index (χ1v) is 7.77. The van der Waals surface area contributed by atoms with E-state index in [1.807, 2.05) is 0 Å². The maximum Gasteiger partial charge on any atom is 0.304 e. The first-order valence-electron chi connectivity index (χ1n) is 6.17. The summed E-state index contributed by atoms with van der Waals surface area (Å²) in [6.45, 7) is 0.127. The number of sulfonamides is 1. The first-order chi connectivity index (χ1) is 9.80. The number of carboxylic acid groups (broad SMARTS) is 1. The number of benzene rings is 1. The van der Waals surface area contributed by atoms with Gasteiger partial charge in [-0.15, -0.1) is 0 Å². The van der Waals surface area contributed by atoms with Crippen LogP contribution in [0.1, 0.15) is 12.0 Å². The molecule has 0 saturated carbocycles. The van der Waals surface area contributed by atoms with Crippen LogP contribution in [0.3, 0.4) is 0 Å². The van der Waals surface area contributed by atoms with Crippen molar-refractivity contribution in [2.45, 2.75) is 13.0 Å². The van der Waals surface area contributed by atoms with E-state index in [9.17, 15) is 13.2 Å². The molecule has 0 aromatic heterocycles. The van der Waals surface area contributed by atoms with Crippen molar-refractivity contribution in [3.8, 4) is 11.5 Å². The third-order valence-corrected chi connectivity index (χ3v) is 4.70. The Morgan fingerprint density at radius 1 is 1.24 bits per heavy atom. The zero-order valence-corrected chi connectivity index (χ0v) is 13.0. The number of hydrogen-bond acceptors (Lipinski definition) is 5. The van der Waals surface area contributed by atoms with Gasteiger partial charge in [0.05, 0.1) is 26.4 Å². The Morgan fingerprint density at radius 2 is 1.86 bits per heavy atom. The number of carbonyl (C=O) groups is 1. The second-order valence-corrected chi connectivity index (χ2v) is 6.60. The maximum atomic E-state index is 11.9. The third-order valence-electron chi connectivity index (χ3n) is 2.90. The summed E-state index contributed by atoms with van der Waals surface area (Å²) in [4.78, 5) is 10.5. The van der Waals surface area contributed by atoms with Gasteiger partial charge in [-0.1, -0.05) is 6.07 Å². The molecule has 1 aromatic rings. The Morgan fingerprint density at radius 3 is 2.38 bits per heavy atom. The van der Waals surface area contributed by atoms with Crippen LogP contribution in [-0.2, 0) is 21.4 Å². The number of methoxy groups -OCH3 is 2. The number of carboxylic acids is 1. The lowest BCUT2D eigenvalue weighted by molar-refractivity contribution is -0.136. The van der Waals surface area contributed by atoms with E-state index in [0.717, 1.165) is 4.31 Å². The van der Waals surface area contributed by atoms with Crippen LogP contribution in [0.4, 0.5) is 0 Å². The molecule has 0 amide bonds. The maximum absolute atomic E-state index is 11.9. The van der Waals surface area contributed by atoms with Crippen LogP contribution in [-0.4, -0.2) is 50.8 Å². The SMILES string of the molecule is COc1ccc(CN(C)S(=O)(=O)CCC(=O)O)cc1OC. The Balaban J connectivity index is 2.83. The highest BCUT2D eigenvalue weighted by atomic mass is 32.2. The molecule has 1 aromatic carbocycles. The van der Waals surface area contributed by atoms with E-state index in [1.54, 1.807) is 18.2 Å². The van der Waals surface area contributed by atoms with Gasteiger partial charge in [-0.05, 0) is 17.7 Å². The average molecular weight is 317 g/mol. The highest BCUT2D eigenvalue weighted by molar-refractivity contribution is 7.89. The molecule has 0 spiro atoms. The van der Waals surface area contributed by atoms with Gasteiger partial charge in [-0.3, -0.25) is 4.79 Å². The number of hydrogen-bond donors (Lipinski definition) is 1. The lowest BCUT2D eigenvalue weighted by Crippen LogP contribution is -2.29. The van der Waals surface area contributed by atoms with Gasteiger partial charge in [0.2, 0.25) is 10.0 Å². The predicted octanol–water partition coefficient (Wildman–Crippen LogP) is 0.940. The summed E-state index contributed by atoms with van der Waals surface area (Å²) in [5.41, 5.74) is 0.717. The monoisotopic (exact) mass is 317 g/mol. The van der Waals surface area contributed by atoms with Gasteiger partial charge in [0, 0.05) is 13.6 Å². The van der Waals surface area contributed by atoms with E-state index in [0.29, 0.717) is 17.1 Å². The Labute approximate surface area is 124 Å². The van der Waals surface area contributed by atoms with Gasteiger partial charge in [0.15, 0.2) is 11.5 Å². The van der Waals surface area contributed by atoms with Crippen LogP contribution in [0.15, 0.2) is 18.2 Å². The summed E-state index contributed by atoms with van der Waals surface area (Å²) in [5, 5.41) is 8.56. The molecular weight excluding hydrogens is 298 g/mol. The summed E-state index contributed by atoms with van der Waals surface area (Å²) in [6.07, 6.45) is -0.418. The molecule has 1 N–H and O–H groups in total. The van der Waals surface area contributed by atoms with E-state index < -0.39 is 28.2 Å². The molecule has 0 unspecified atom stereocenters. The topological polar surface area (TPSA) is 93.1 Å². The molecule has 0 aliphatic rings. The van der Waals surface area contributed by atoms with Gasteiger partial charge >= 0.3 is 5.97 Å². The lowest BCUT2D eigenvalue weighted by atomic mass is 10.2. The highest BCUT2D eigenvalue weighted by Crippen LogP contribution is 2.28. The molecule has 7 nitrogen and oxygen atoms in total. The zero-order valence-electron chi connectivity index (χ0n) is 12.2. The van der Waals surface area contributed by atoms with Crippen LogP contribution < -0.4 is 9.47 Å². The predicted molar refractivity (Wildman–Crippen MR) is 77.1 cm³/mol. The molecule has 8 heteroatoms. The summed E-state index contributed by atoms with van der Waals surface area (Å²) in [7, 11) is 0.811. The van der Waals surface area contributed by atoms with E-state index in [4.69, 9.17) is 14.6 Å². The second-order valence-electron chi connectivity index (χ2n) is 4.41. The van der Waals surface area contributed by atoms with Crippen LogP contribution in [0, 0.1) is 0 Å². The molecule has 0 saturated heterocycles. The number of nitrogens with zero attached hydrogens (tertiary/aromatic N) is 1. The fourth-order valence-electron chi connectivity index (χ4n) is 1.71. The minimum Gasteiger partial charge on any atom is -0.493 e. The molecule has 0 bridgehead atoms. The summed E-state index contributed by atoms with van der Waals surface area (Å²) >= 11 is 0. The van der Waals surface area contributed by atoms with E-state index >= 15 is 0 Å². The average Bonchev–Trinajstić information content (AvgIpc) is 2.45. The smallest absolute Gasteiger partial charge is 0.304 e. The molecule has 0 radical (unpaired) electrons. The fraction of sp³-hybridized carbons (Fsp3) is 0.462. The molecule has 0 aliphatic heterocycles.